The molecule has 25 heavy (non-hydrogen) atoms. The summed E-state index contributed by atoms with van der Waals surface area (Å²) in [5.74, 6) is -0.183. The van der Waals surface area contributed by atoms with E-state index in [9.17, 15) is 4.79 Å². The number of aromatic nitrogens is 1. The van der Waals surface area contributed by atoms with Crippen LogP contribution in [-0.4, -0.2) is 17.4 Å². The number of halogens is 1. The van der Waals surface area contributed by atoms with E-state index in [0.717, 1.165) is 34.9 Å². The van der Waals surface area contributed by atoms with Gasteiger partial charge in [-0.2, -0.15) is 0 Å². The summed E-state index contributed by atoms with van der Waals surface area (Å²) in [5.41, 5.74) is 3.23. The number of benzene rings is 2. The third-order valence-corrected chi connectivity index (χ3v) is 3.90. The van der Waals surface area contributed by atoms with Crippen LogP contribution in [0.5, 0.6) is 0 Å². The molecule has 0 saturated carbocycles. The van der Waals surface area contributed by atoms with Crippen LogP contribution in [0.25, 0.3) is 0 Å². The van der Waals surface area contributed by atoms with Crippen molar-refractivity contribution in [1.82, 2.24) is 4.98 Å². The zero-order valence-electron chi connectivity index (χ0n) is 13.6. The van der Waals surface area contributed by atoms with Crippen molar-refractivity contribution in [2.75, 3.05) is 17.2 Å². The number of carbonyl (C=O) groups is 1. The third kappa shape index (κ3) is 5.06. The van der Waals surface area contributed by atoms with Gasteiger partial charge in [0.1, 0.15) is 0 Å². The van der Waals surface area contributed by atoms with Crippen LogP contribution in [0.2, 0.25) is 5.02 Å². The van der Waals surface area contributed by atoms with Crippen molar-refractivity contribution in [2.45, 2.75) is 6.42 Å². The van der Waals surface area contributed by atoms with Gasteiger partial charge in [-0.25, -0.2) is 0 Å². The lowest BCUT2D eigenvalue weighted by Gasteiger charge is -2.09. The molecule has 1 amide bonds. The Bertz CT molecular complexity index is 852. The first-order valence-corrected chi connectivity index (χ1v) is 8.38. The van der Waals surface area contributed by atoms with Gasteiger partial charge in [0.25, 0.3) is 5.91 Å². The fraction of sp³-hybridized carbons (Fsp3) is 0.100. The van der Waals surface area contributed by atoms with Crippen molar-refractivity contribution in [3.05, 3.63) is 89.2 Å². The van der Waals surface area contributed by atoms with Gasteiger partial charge in [0, 0.05) is 29.6 Å². The summed E-state index contributed by atoms with van der Waals surface area (Å²) >= 11 is 5.99. The van der Waals surface area contributed by atoms with E-state index in [1.807, 2.05) is 54.6 Å². The molecule has 0 fully saturated rings. The van der Waals surface area contributed by atoms with Gasteiger partial charge in [-0.05, 0) is 42.3 Å². The van der Waals surface area contributed by atoms with Crippen LogP contribution in [0.3, 0.4) is 0 Å². The second kappa shape index (κ2) is 8.31. The monoisotopic (exact) mass is 351 g/mol. The Balaban J connectivity index is 1.58. The van der Waals surface area contributed by atoms with Crippen LogP contribution in [0, 0.1) is 0 Å². The summed E-state index contributed by atoms with van der Waals surface area (Å²) in [6.07, 6.45) is 4.10. The minimum atomic E-state index is -0.183. The van der Waals surface area contributed by atoms with Crippen molar-refractivity contribution < 1.29 is 4.79 Å². The molecule has 0 radical (unpaired) electrons. The number of pyridine rings is 1. The Kier molecular flexibility index (Phi) is 5.65. The van der Waals surface area contributed by atoms with Gasteiger partial charge in [0.15, 0.2) is 0 Å². The molecule has 2 aromatic carbocycles. The lowest BCUT2D eigenvalue weighted by atomic mass is 10.1. The predicted octanol–water partition coefficient (Wildman–Crippen LogP) is 4.64. The highest BCUT2D eigenvalue weighted by molar-refractivity contribution is 6.30. The van der Waals surface area contributed by atoms with Gasteiger partial charge >= 0.3 is 0 Å². The molecule has 1 aromatic heterocycles. The van der Waals surface area contributed by atoms with Crippen LogP contribution >= 0.6 is 11.6 Å². The quantitative estimate of drug-likeness (QED) is 0.680. The minimum absolute atomic E-state index is 0.183. The molecule has 0 bridgehead atoms. The Morgan fingerprint density at radius 3 is 2.60 bits per heavy atom. The first kappa shape index (κ1) is 17.0. The molecule has 4 nitrogen and oxygen atoms in total. The molecule has 0 aliphatic heterocycles. The van der Waals surface area contributed by atoms with E-state index < -0.39 is 0 Å². The zero-order valence-corrected chi connectivity index (χ0v) is 14.3. The molecule has 0 atom stereocenters. The largest absolute Gasteiger partial charge is 0.383 e. The number of carbonyl (C=O) groups excluding carboxylic acids is 1. The van der Waals surface area contributed by atoms with E-state index in [-0.39, 0.29) is 5.91 Å². The first-order valence-electron chi connectivity index (χ1n) is 8.00. The number of anilines is 2. The van der Waals surface area contributed by atoms with E-state index in [0.29, 0.717) is 5.56 Å². The summed E-state index contributed by atoms with van der Waals surface area (Å²) in [6.45, 7) is 0.728. The average Bonchev–Trinajstić information content (AvgIpc) is 2.63. The minimum Gasteiger partial charge on any atom is -0.383 e. The Morgan fingerprint density at radius 1 is 0.960 bits per heavy atom. The molecule has 2 N–H and O–H groups in total. The fourth-order valence-corrected chi connectivity index (χ4v) is 2.64. The normalized spacial score (nSPS) is 10.3. The first-order chi connectivity index (χ1) is 12.2. The summed E-state index contributed by atoms with van der Waals surface area (Å²) in [6, 6.07) is 18.9. The summed E-state index contributed by atoms with van der Waals surface area (Å²) in [4.78, 5) is 16.4. The number of rotatable bonds is 6. The van der Waals surface area contributed by atoms with E-state index in [2.05, 4.69) is 15.6 Å². The molecule has 3 aromatic rings. The van der Waals surface area contributed by atoms with Crippen molar-refractivity contribution in [2.24, 2.45) is 0 Å². The van der Waals surface area contributed by atoms with E-state index in [1.165, 1.54) is 0 Å². The molecule has 1 heterocycles. The van der Waals surface area contributed by atoms with E-state index in [1.54, 1.807) is 18.5 Å². The van der Waals surface area contributed by atoms with Crippen LogP contribution in [-0.2, 0) is 6.42 Å². The topological polar surface area (TPSA) is 54.0 Å². The summed E-state index contributed by atoms with van der Waals surface area (Å²) < 4.78 is 0. The second-order valence-electron chi connectivity index (χ2n) is 5.59. The number of hydrogen-bond donors (Lipinski definition) is 2. The second-order valence-corrected chi connectivity index (χ2v) is 6.03. The molecule has 0 aliphatic rings. The molecule has 0 aliphatic carbocycles. The van der Waals surface area contributed by atoms with Crippen LogP contribution in [0.15, 0.2) is 73.1 Å². The third-order valence-electron chi connectivity index (χ3n) is 3.66. The van der Waals surface area contributed by atoms with Crippen LogP contribution < -0.4 is 10.6 Å². The van der Waals surface area contributed by atoms with Crippen LogP contribution in [0.4, 0.5) is 11.4 Å². The van der Waals surface area contributed by atoms with Gasteiger partial charge in [-0.15, -0.1) is 0 Å². The van der Waals surface area contributed by atoms with Crippen LogP contribution in [0.1, 0.15) is 15.9 Å². The molecular formula is C20H18ClN3O. The SMILES string of the molecule is O=C(Nc1ccccc1)c1cncc(NCCc2cccc(Cl)c2)c1. The molecule has 0 spiro atoms. The van der Waals surface area contributed by atoms with Crippen molar-refractivity contribution >= 4 is 28.9 Å². The lowest BCUT2D eigenvalue weighted by molar-refractivity contribution is 0.102. The van der Waals surface area contributed by atoms with Gasteiger partial charge in [-0.1, -0.05) is 41.9 Å². The molecule has 5 heteroatoms. The van der Waals surface area contributed by atoms with Crippen molar-refractivity contribution in [1.29, 1.82) is 0 Å². The number of hydrogen-bond acceptors (Lipinski definition) is 3. The Labute approximate surface area is 151 Å². The summed E-state index contributed by atoms with van der Waals surface area (Å²) in [5, 5.41) is 6.87. The Hall–Kier alpha value is -2.85. The highest BCUT2D eigenvalue weighted by Crippen LogP contribution is 2.14. The molecule has 0 saturated heterocycles. The molecule has 126 valence electrons. The molecule has 3 rings (SSSR count). The smallest absolute Gasteiger partial charge is 0.257 e. The van der Waals surface area contributed by atoms with Crippen molar-refractivity contribution in [3.8, 4) is 0 Å². The predicted molar refractivity (Wildman–Crippen MR) is 102 cm³/mol. The van der Waals surface area contributed by atoms with Gasteiger partial charge in [0.05, 0.1) is 11.3 Å². The van der Waals surface area contributed by atoms with Crippen molar-refractivity contribution in [3.63, 3.8) is 0 Å². The van der Waals surface area contributed by atoms with E-state index in [4.69, 9.17) is 11.6 Å². The van der Waals surface area contributed by atoms with E-state index >= 15 is 0 Å². The maximum Gasteiger partial charge on any atom is 0.257 e. The summed E-state index contributed by atoms with van der Waals surface area (Å²) in [7, 11) is 0. The Morgan fingerprint density at radius 2 is 1.80 bits per heavy atom. The van der Waals surface area contributed by atoms with Gasteiger partial charge in [-0.3, -0.25) is 9.78 Å². The fourth-order valence-electron chi connectivity index (χ4n) is 2.43. The maximum atomic E-state index is 12.3. The highest BCUT2D eigenvalue weighted by Gasteiger charge is 2.07. The van der Waals surface area contributed by atoms with Gasteiger partial charge < -0.3 is 10.6 Å². The number of amides is 1. The molecular weight excluding hydrogens is 334 g/mol. The highest BCUT2D eigenvalue weighted by atomic mass is 35.5. The average molecular weight is 352 g/mol. The standard InChI is InChI=1S/C20H18ClN3O/c21-17-6-4-5-15(11-17)9-10-23-19-12-16(13-22-14-19)20(25)24-18-7-2-1-3-8-18/h1-8,11-14,23H,9-10H2,(H,24,25). The number of nitrogens with zero attached hydrogens (tertiary/aromatic N) is 1. The molecule has 0 unspecified atom stereocenters. The van der Waals surface area contributed by atoms with Gasteiger partial charge in [0.2, 0.25) is 0 Å². The number of para-hydroxylation sites is 1. The zero-order chi connectivity index (χ0) is 17.5. The lowest BCUT2D eigenvalue weighted by Crippen LogP contribution is -2.13. The number of nitrogens with one attached hydrogen (secondary N) is 2. The maximum absolute atomic E-state index is 12.3.